The molecule has 27 heavy (non-hydrogen) atoms. The van der Waals surface area contributed by atoms with Crippen LogP contribution in [0, 0.1) is 0 Å². The molecule has 0 N–H and O–H groups in total. The number of carbonyl (C=O) groups excluding carboxylic acids is 1. The number of aromatic nitrogens is 4. The monoisotopic (exact) mass is 386 g/mol. The molecule has 7 nitrogen and oxygen atoms in total. The van der Waals surface area contributed by atoms with Crippen LogP contribution in [-0.2, 0) is 4.79 Å². The molecule has 2 aromatic rings. The van der Waals surface area contributed by atoms with Crippen LogP contribution in [0.3, 0.4) is 0 Å². The summed E-state index contributed by atoms with van der Waals surface area (Å²) in [5.74, 6) is 0.280. The van der Waals surface area contributed by atoms with Crippen molar-refractivity contribution in [3.63, 3.8) is 0 Å². The fraction of sp³-hybridized carbons (Fsp3) is 0.579. The minimum absolute atomic E-state index is 0.263. The molecule has 8 heteroatoms. The second kappa shape index (κ2) is 8.84. The molecule has 4 rings (SSSR count). The molecule has 1 atom stereocenters. The molecule has 144 valence electrons. The summed E-state index contributed by atoms with van der Waals surface area (Å²) in [5, 5.41) is 13.4. The Bertz CT molecular complexity index is 746. The van der Waals surface area contributed by atoms with E-state index in [2.05, 4.69) is 20.4 Å². The average Bonchev–Trinajstić information content (AvgIpc) is 3.32. The average molecular weight is 387 g/mol. The number of hydrogen-bond acceptors (Lipinski definition) is 6. The highest BCUT2D eigenvalue weighted by atomic mass is 32.2. The zero-order valence-electron chi connectivity index (χ0n) is 15.5. The molecule has 0 spiro atoms. The zero-order chi connectivity index (χ0) is 18.5. The third kappa shape index (κ3) is 4.68. The van der Waals surface area contributed by atoms with Gasteiger partial charge in [-0.3, -0.25) is 4.79 Å². The molecular formula is C19H26N6OS. The first-order valence-corrected chi connectivity index (χ1v) is 10.7. The summed E-state index contributed by atoms with van der Waals surface area (Å²) in [4.78, 5) is 16.7. The molecular weight excluding hydrogens is 360 g/mol. The van der Waals surface area contributed by atoms with Crippen molar-refractivity contribution in [2.45, 2.75) is 42.5 Å². The van der Waals surface area contributed by atoms with Crippen LogP contribution >= 0.6 is 11.8 Å². The van der Waals surface area contributed by atoms with Crippen molar-refractivity contribution in [3.05, 3.63) is 30.3 Å². The highest BCUT2D eigenvalue weighted by Crippen LogP contribution is 2.26. The van der Waals surface area contributed by atoms with Crippen molar-refractivity contribution in [2.75, 3.05) is 32.7 Å². The second-order valence-electron chi connectivity index (χ2n) is 7.25. The van der Waals surface area contributed by atoms with E-state index in [9.17, 15) is 4.79 Å². The fourth-order valence-electron chi connectivity index (χ4n) is 3.84. The highest BCUT2D eigenvalue weighted by molar-refractivity contribution is 7.99. The van der Waals surface area contributed by atoms with Gasteiger partial charge in [-0.25, -0.2) is 0 Å². The van der Waals surface area contributed by atoms with Crippen LogP contribution in [0.1, 0.15) is 32.1 Å². The molecule has 2 aliphatic heterocycles. The molecule has 0 radical (unpaired) electrons. The van der Waals surface area contributed by atoms with Crippen LogP contribution in [0.25, 0.3) is 5.69 Å². The van der Waals surface area contributed by atoms with E-state index in [1.807, 2.05) is 35.2 Å². The van der Waals surface area contributed by atoms with Gasteiger partial charge in [-0.15, -0.1) is 5.10 Å². The van der Waals surface area contributed by atoms with Gasteiger partial charge >= 0.3 is 0 Å². The van der Waals surface area contributed by atoms with Crippen LogP contribution in [0.4, 0.5) is 0 Å². The number of carbonyl (C=O) groups is 1. The maximum absolute atomic E-state index is 12.2. The number of benzene rings is 1. The number of nitrogens with zero attached hydrogens (tertiary/aromatic N) is 6. The zero-order valence-corrected chi connectivity index (χ0v) is 16.4. The summed E-state index contributed by atoms with van der Waals surface area (Å²) in [6, 6.07) is 9.96. The quantitative estimate of drug-likeness (QED) is 0.680. The summed E-state index contributed by atoms with van der Waals surface area (Å²) in [7, 11) is 0. The Morgan fingerprint density at radius 2 is 1.81 bits per heavy atom. The van der Waals surface area contributed by atoms with Crippen molar-refractivity contribution in [3.8, 4) is 5.69 Å². The van der Waals surface area contributed by atoms with Gasteiger partial charge in [0.1, 0.15) is 0 Å². The van der Waals surface area contributed by atoms with Crippen LogP contribution < -0.4 is 0 Å². The van der Waals surface area contributed by atoms with Crippen molar-refractivity contribution in [1.82, 2.24) is 30.0 Å². The number of piperidine rings is 1. The van der Waals surface area contributed by atoms with E-state index in [0.29, 0.717) is 6.42 Å². The van der Waals surface area contributed by atoms with Crippen LogP contribution in [0.5, 0.6) is 0 Å². The summed E-state index contributed by atoms with van der Waals surface area (Å²) in [6.45, 7) is 4.90. The van der Waals surface area contributed by atoms with Crippen LogP contribution in [-0.4, -0.2) is 73.9 Å². The first-order valence-electron chi connectivity index (χ1n) is 9.80. The van der Waals surface area contributed by atoms with Gasteiger partial charge < -0.3 is 9.80 Å². The number of rotatable bonds is 7. The fourth-order valence-corrected chi connectivity index (χ4v) is 5.00. The molecule has 3 heterocycles. The molecule has 2 saturated heterocycles. The number of amides is 1. The Balaban J connectivity index is 1.50. The van der Waals surface area contributed by atoms with E-state index < -0.39 is 0 Å². The standard InChI is InChI=1S/C19H26N6OS/c26-18-10-7-13-24(18)15-17(14-23-11-5-2-6-12-23)27-19-20-21-22-25(19)16-8-3-1-4-9-16/h1,3-4,8-9,17H,2,5-7,10-15H2. The minimum Gasteiger partial charge on any atom is -0.342 e. The van der Waals surface area contributed by atoms with Crippen LogP contribution in [0.2, 0.25) is 0 Å². The molecule has 1 aromatic carbocycles. The molecule has 2 aliphatic rings. The summed E-state index contributed by atoms with van der Waals surface area (Å²) >= 11 is 1.69. The molecule has 1 aromatic heterocycles. The van der Waals surface area contributed by atoms with Gasteiger partial charge in [0, 0.05) is 31.3 Å². The topological polar surface area (TPSA) is 67.2 Å². The van der Waals surface area contributed by atoms with Crippen molar-refractivity contribution < 1.29 is 4.79 Å². The third-order valence-electron chi connectivity index (χ3n) is 5.22. The van der Waals surface area contributed by atoms with E-state index in [1.54, 1.807) is 16.4 Å². The summed E-state index contributed by atoms with van der Waals surface area (Å²) < 4.78 is 1.79. The van der Waals surface area contributed by atoms with Gasteiger partial charge in [0.15, 0.2) is 0 Å². The normalized spacial score (nSPS) is 19.6. The summed E-state index contributed by atoms with van der Waals surface area (Å²) in [5.41, 5.74) is 0.957. The van der Waals surface area contributed by atoms with E-state index in [4.69, 9.17) is 0 Å². The molecule has 0 saturated carbocycles. The molecule has 1 unspecified atom stereocenters. The van der Waals surface area contributed by atoms with Crippen molar-refractivity contribution in [2.24, 2.45) is 0 Å². The number of tetrazole rings is 1. The van der Waals surface area contributed by atoms with E-state index >= 15 is 0 Å². The maximum atomic E-state index is 12.2. The lowest BCUT2D eigenvalue weighted by Gasteiger charge is -2.31. The maximum Gasteiger partial charge on any atom is 0.222 e. The smallest absolute Gasteiger partial charge is 0.222 e. The minimum atomic E-state index is 0.263. The van der Waals surface area contributed by atoms with Gasteiger partial charge in [0.2, 0.25) is 11.1 Å². The predicted molar refractivity (Wildman–Crippen MR) is 105 cm³/mol. The SMILES string of the molecule is O=C1CCCN1CC(CN1CCCCC1)Sc1nnnn1-c1ccccc1. The molecule has 0 bridgehead atoms. The molecule has 0 aliphatic carbocycles. The number of likely N-dealkylation sites (tertiary alicyclic amines) is 2. The van der Waals surface area contributed by atoms with Gasteiger partial charge in [-0.05, 0) is 54.9 Å². The van der Waals surface area contributed by atoms with Crippen LogP contribution in [0.15, 0.2) is 35.5 Å². The second-order valence-corrected chi connectivity index (χ2v) is 8.52. The Morgan fingerprint density at radius 3 is 2.56 bits per heavy atom. The first-order chi connectivity index (χ1) is 13.3. The van der Waals surface area contributed by atoms with E-state index in [1.165, 1.54) is 19.3 Å². The first kappa shape index (κ1) is 18.4. The lowest BCUT2D eigenvalue weighted by Crippen LogP contribution is -2.41. The largest absolute Gasteiger partial charge is 0.342 e. The predicted octanol–water partition coefficient (Wildman–Crippen LogP) is 2.23. The lowest BCUT2D eigenvalue weighted by molar-refractivity contribution is -0.127. The number of thioether (sulfide) groups is 1. The van der Waals surface area contributed by atoms with E-state index in [-0.39, 0.29) is 11.2 Å². The van der Waals surface area contributed by atoms with Crippen molar-refractivity contribution >= 4 is 17.7 Å². The Labute approximate surface area is 164 Å². The van der Waals surface area contributed by atoms with Gasteiger partial charge in [-0.2, -0.15) is 4.68 Å². The van der Waals surface area contributed by atoms with Gasteiger partial charge in [0.25, 0.3) is 0 Å². The molecule has 1 amide bonds. The van der Waals surface area contributed by atoms with Gasteiger partial charge in [-0.1, -0.05) is 36.4 Å². The highest BCUT2D eigenvalue weighted by Gasteiger charge is 2.27. The third-order valence-corrected chi connectivity index (χ3v) is 6.32. The van der Waals surface area contributed by atoms with Gasteiger partial charge in [0.05, 0.1) is 5.69 Å². The lowest BCUT2D eigenvalue weighted by atomic mass is 10.1. The Kier molecular flexibility index (Phi) is 6.03. The summed E-state index contributed by atoms with van der Waals surface area (Å²) in [6.07, 6.45) is 5.51. The van der Waals surface area contributed by atoms with Crippen molar-refractivity contribution in [1.29, 1.82) is 0 Å². The molecule has 2 fully saturated rings. The Hall–Kier alpha value is -1.93. The number of para-hydroxylation sites is 1. The Morgan fingerprint density at radius 1 is 1.00 bits per heavy atom. The van der Waals surface area contributed by atoms with E-state index in [0.717, 1.165) is 50.0 Å². The number of hydrogen-bond donors (Lipinski definition) is 0.